The molecule has 0 amide bonds. The monoisotopic (exact) mass is 232 g/mol. The molecule has 15 heavy (non-hydrogen) atoms. The number of rotatable bonds is 3. The minimum absolute atomic E-state index is 0.0847. The molecule has 0 aliphatic rings. The van der Waals surface area contributed by atoms with Gasteiger partial charge in [0.15, 0.2) is 9.84 Å². The number of phenols is 1. The molecule has 0 fully saturated rings. The Bertz CT molecular complexity index is 452. The van der Waals surface area contributed by atoms with Crippen molar-refractivity contribution in [2.24, 2.45) is 0 Å². The maximum Gasteiger partial charge on any atom is 0.156 e. The second-order valence-electron chi connectivity index (χ2n) is 3.63. The van der Waals surface area contributed by atoms with Gasteiger partial charge in [0.25, 0.3) is 0 Å². The number of phenolic OH excluding ortho intramolecular Hbond substituents is 1. The largest absolute Gasteiger partial charge is 0.508 e. The summed E-state index contributed by atoms with van der Waals surface area (Å²) in [4.78, 5) is 0. The van der Waals surface area contributed by atoms with Gasteiger partial charge in [-0.2, -0.15) is 0 Å². The van der Waals surface area contributed by atoms with Crippen LogP contribution in [0.4, 0.5) is 4.39 Å². The molecule has 1 N–H and O–H groups in total. The van der Waals surface area contributed by atoms with E-state index in [1.54, 1.807) is 13.8 Å². The number of hydrogen-bond donors (Lipinski definition) is 1. The second kappa shape index (κ2) is 4.18. The number of sulfone groups is 1. The highest BCUT2D eigenvalue weighted by Crippen LogP contribution is 2.18. The highest BCUT2D eigenvalue weighted by atomic mass is 32.2. The Kier molecular flexibility index (Phi) is 3.34. The van der Waals surface area contributed by atoms with Gasteiger partial charge in [0.05, 0.1) is 11.0 Å². The molecule has 0 saturated carbocycles. The smallest absolute Gasteiger partial charge is 0.156 e. The van der Waals surface area contributed by atoms with E-state index in [2.05, 4.69) is 0 Å². The average molecular weight is 232 g/mol. The highest BCUT2D eigenvalue weighted by Gasteiger charge is 2.18. The maximum atomic E-state index is 13.2. The van der Waals surface area contributed by atoms with E-state index in [1.807, 2.05) is 0 Å². The molecule has 0 spiro atoms. The van der Waals surface area contributed by atoms with Crippen molar-refractivity contribution in [1.82, 2.24) is 0 Å². The van der Waals surface area contributed by atoms with Gasteiger partial charge in [-0.25, -0.2) is 12.8 Å². The number of benzene rings is 1. The summed E-state index contributed by atoms with van der Waals surface area (Å²) in [6.45, 7) is 3.10. The third-order valence-electron chi connectivity index (χ3n) is 2.11. The van der Waals surface area contributed by atoms with Gasteiger partial charge in [-0.15, -0.1) is 0 Å². The predicted octanol–water partition coefficient (Wildman–Crippen LogP) is 1.85. The number of hydrogen-bond acceptors (Lipinski definition) is 3. The third kappa shape index (κ3) is 2.92. The molecule has 0 aliphatic carbocycles. The van der Waals surface area contributed by atoms with Crippen molar-refractivity contribution in [3.05, 3.63) is 29.6 Å². The molecule has 84 valence electrons. The van der Waals surface area contributed by atoms with Crippen LogP contribution in [0, 0.1) is 5.82 Å². The van der Waals surface area contributed by atoms with E-state index < -0.39 is 20.9 Å². The van der Waals surface area contributed by atoms with Crippen LogP contribution in [0.1, 0.15) is 19.4 Å². The van der Waals surface area contributed by atoms with E-state index >= 15 is 0 Å². The van der Waals surface area contributed by atoms with Crippen molar-refractivity contribution in [2.75, 3.05) is 0 Å². The minimum Gasteiger partial charge on any atom is -0.508 e. The minimum atomic E-state index is -3.31. The van der Waals surface area contributed by atoms with Gasteiger partial charge in [0.1, 0.15) is 11.6 Å². The van der Waals surface area contributed by atoms with E-state index in [0.717, 1.165) is 6.07 Å². The first-order valence-electron chi connectivity index (χ1n) is 4.52. The van der Waals surface area contributed by atoms with Crippen LogP contribution < -0.4 is 0 Å². The molecule has 0 atom stereocenters. The van der Waals surface area contributed by atoms with Gasteiger partial charge in [-0.05, 0) is 19.9 Å². The van der Waals surface area contributed by atoms with Crippen LogP contribution in [-0.4, -0.2) is 18.8 Å². The SMILES string of the molecule is CC(C)S(=O)(=O)Cc1ccc(O)cc1F. The zero-order valence-electron chi connectivity index (χ0n) is 8.57. The summed E-state index contributed by atoms with van der Waals surface area (Å²) in [5, 5.41) is 8.42. The van der Waals surface area contributed by atoms with Crippen LogP contribution in [0.25, 0.3) is 0 Å². The van der Waals surface area contributed by atoms with Crippen molar-refractivity contribution >= 4 is 9.84 Å². The van der Waals surface area contributed by atoms with Crippen molar-refractivity contribution < 1.29 is 17.9 Å². The summed E-state index contributed by atoms with van der Waals surface area (Å²) in [7, 11) is -3.31. The lowest BCUT2D eigenvalue weighted by Gasteiger charge is -2.08. The Balaban J connectivity index is 3.01. The molecule has 0 aromatic heterocycles. The first-order valence-corrected chi connectivity index (χ1v) is 6.23. The Hall–Kier alpha value is -1.10. The van der Waals surface area contributed by atoms with Crippen molar-refractivity contribution in [3.8, 4) is 5.75 Å². The fourth-order valence-corrected chi connectivity index (χ4v) is 2.04. The zero-order chi connectivity index (χ0) is 11.6. The summed E-state index contributed by atoms with van der Waals surface area (Å²) in [5.41, 5.74) is 0.0847. The Morgan fingerprint density at radius 3 is 2.47 bits per heavy atom. The fourth-order valence-electron chi connectivity index (χ4n) is 1.04. The van der Waals surface area contributed by atoms with Gasteiger partial charge in [0.2, 0.25) is 0 Å². The summed E-state index contributed by atoms with van der Waals surface area (Å²) in [6, 6.07) is 3.46. The molecule has 0 unspecified atom stereocenters. The maximum absolute atomic E-state index is 13.2. The number of aromatic hydroxyl groups is 1. The standard InChI is InChI=1S/C10H13FO3S/c1-7(2)15(13,14)6-8-3-4-9(12)5-10(8)11/h3-5,7,12H,6H2,1-2H3. The summed E-state index contributed by atoms with van der Waals surface area (Å²) in [6.07, 6.45) is 0. The van der Waals surface area contributed by atoms with Crippen LogP contribution >= 0.6 is 0 Å². The average Bonchev–Trinajstić information content (AvgIpc) is 2.09. The molecular formula is C10H13FO3S. The molecule has 0 bridgehead atoms. The fraction of sp³-hybridized carbons (Fsp3) is 0.400. The first-order chi connectivity index (χ1) is 6.83. The lowest BCUT2D eigenvalue weighted by Crippen LogP contribution is -2.16. The third-order valence-corrected chi connectivity index (χ3v) is 4.26. The van der Waals surface area contributed by atoms with Crippen LogP contribution in [0.2, 0.25) is 0 Å². The molecule has 0 aliphatic heterocycles. The lowest BCUT2D eigenvalue weighted by atomic mass is 10.2. The Labute approximate surface area is 88.5 Å². The zero-order valence-corrected chi connectivity index (χ0v) is 9.38. The quantitative estimate of drug-likeness (QED) is 0.865. The summed E-state index contributed by atoms with van der Waals surface area (Å²) >= 11 is 0. The van der Waals surface area contributed by atoms with Crippen molar-refractivity contribution in [2.45, 2.75) is 24.9 Å². The van der Waals surface area contributed by atoms with E-state index in [4.69, 9.17) is 5.11 Å². The number of halogens is 1. The van der Waals surface area contributed by atoms with Gasteiger partial charge < -0.3 is 5.11 Å². The van der Waals surface area contributed by atoms with E-state index in [1.165, 1.54) is 12.1 Å². The lowest BCUT2D eigenvalue weighted by molar-refractivity contribution is 0.468. The van der Waals surface area contributed by atoms with Crippen LogP contribution in [0.15, 0.2) is 18.2 Å². The normalized spacial score (nSPS) is 12.0. The van der Waals surface area contributed by atoms with Gasteiger partial charge in [-0.1, -0.05) is 6.07 Å². The molecule has 5 heteroatoms. The van der Waals surface area contributed by atoms with Gasteiger partial charge in [0, 0.05) is 11.6 Å². The molecule has 0 heterocycles. The molecular weight excluding hydrogens is 219 g/mol. The molecule has 0 radical (unpaired) electrons. The van der Waals surface area contributed by atoms with Crippen LogP contribution in [0.3, 0.4) is 0 Å². The molecule has 1 rings (SSSR count). The molecule has 1 aromatic carbocycles. The van der Waals surface area contributed by atoms with Crippen molar-refractivity contribution in [3.63, 3.8) is 0 Å². The summed E-state index contributed by atoms with van der Waals surface area (Å²) in [5.74, 6) is -1.24. The van der Waals surface area contributed by atoms with Crippen molar-refractivity contribution in [1.29, 1.82) is 0 Å². The Morgan fingerprint density at radius 1 is 1.40 bits per heavy atom. The van der Waals surface area contributed by atoms with E-state index in [-0.39, 0.29) is 17.1 Å². The van der Waals surface area contributed by atoms with Gasteiger partial charge >= 0.3 is 0 Å². The Morgan fingerprint density at radius 2 is 2.00 bits per heavy atom. The summed E-state index contributed by atoms with van der Waals surface area (Å²) < 4.78 is 36.2. The first kappa shape index (κ1) is 12.0. The molecule has 1 aromatic rings. The van der Waals surface area contributed by atoms with E-state index in [0.29, 0.717) is 0 Å². The predicted molar refractivity (Wildman–Crippen MR) is 55.8 cm³/mol. The van der Waals surface area contributed by atoms with Crippen LogP contribution in [-0.2, 0) is 15.6 Å². The van der Waals surface area contributed by atoms with Gasteiger partial charge in [-0.3, -0.25) is 0 Å². The van der Waals surface area contributed by atoms with E-state index in [9.17, 15) is 12.8 Å². The molecule has 0 saturated heterocycles. The second-order valence-corrected chi connectivity index (χ2v) is 6.19. The van der Waals surface area contributed by atoms with Crippen LogP contribution in [0.5, 0.6) is 5.75 Å². The topological polar surface area (TPSA) is 54.4 Å². The highest BCUT2D eigenvalue weighted by molar-refractivity contribution is 7.91. The molecule has 3 nitrogen and oxygen atoms in total.